The van der Waals surface area contributed by atoms with Crippen LogP contribution in [0.15, 0.2) is 0 Å². The van der Waals surface area contributed by atoms with Crippen LogP contribution in [0, 0.1) is 11.8 Å². The normalized spacial score (nSPS) is 40.1. The van der Waals surface area contributed by atoms with Gasteiger partial charge in [0.15, 0.2) is 0 Å². The van der Waals surface area contributed by atoms with Crippen molar-refractivity contribution >= 4 is 5.91 Å². The van der Waals surface area contributed by atoms with Gasteiger partial charge in [0.25, 0.3) is 0 Å². The van der Waals surface area contributed by atoms with E-state index in [9.17, 15) is 9.90 Å². The van der Waals surface area contributed by atoms with E-state index in [-0.39, 0.29) is 24.0 Å². The summed E-state index contributed by atoms with van der Waals surface area (Å²) in [5, 5.41) is 9.43. The standard InChI is InChI=1S/C12H22N2O2/c1-8-6-9(2-3-11(8)13)12(16)14-5-4-10(15)7-14/h8-11,15H,2-7,13H2,1H3. The minimum Gasteiger partial charge on any atom is -0.391 e. The van der Waals surface area contributed by atoms with Gasteiger partial charge in [-0.1, -0.05) is 6.92 Å². The Kier molecular flexibility index (Phi) is 3.50. The SMILES string of the molecule is CC1CC(C(=O)N2CCC(O)C2)CCC1N. The third-order valence-electron chi connectivity index (χ3n) is 4.06. The van der Waals surface area contributed by atoms with Crippen LogP contribution in [0.4, 0.5) is 0 Å². The van der Waals surface area contributed by atoms with Crippen molar-refractivity contribution in [3.63, 3.8) is 0 Å². The summed E-state index contributed by atoms with van der Waals surface area (Å²) in [7, 11) is 0. The fraction of sp³-hybridized carbons (Fsp3) is 0.917. The van der Waals surface area contributed by atoms with Crippen molar-refractivity contribution in [1.82, 2.24) is 4.90 Å². The third-order valence-corrected chi connectivity index (χ3v) is 4.06. The predicted octanol–water partition coefficient (Wildman–Crippen LogP) is 0.343. The topological polar surface area (TPSA) is 66.6 Å². The lowest BCUT2D eigenvalue weighted by molar-refractivity contribution is -0.136. The van der Waals surface area contributed by atoms with Gasteiger partial charge in [-0.25, -0.2) is 0 Å². The van der Waals surface area contributed by atoms with E-state index in [4.69, 9.17) is 5.73 Å². The van der Waals surface area contributed by atoms with Crippen molar-refractivity contribution in [2.75, 3.05) is 13.1 Å². The van der Waals surface area contributed by atoms with Gasteiger partial charge in [-0.15, -0.1) is 0 Å². The minimum absolute atomic E-state index is 0.139. The molecule has 0 aromatic rings. The first-order valence-corrected chi connectivity index (χ1v) is 6.30. The number of β-amino-alcohol motifs (C(OH)–C–C–N with tert-alkyl or cyclic N) is 1. The summed E-state index contributed by atoms with van der Waals surface area (Å²) in [4.78, 5) is 14.0. The van der Waals surface area contributed by atoms with Crippen LogP contribution in [0.1, 0.15) is 32.6 Å². The molecule has 0 aromatic carbocycles. The fourth-order valence-electron chi connectivity index (χ4n) is 2.84. The molecule has 1 aliphatic carbocycles. The summed E-state index contributed by atoms with van der Waals surface area (Å²) in [5.74, 6) is 0.811. The first-order chi connectivity index (χ1) is 7.58. The van der Waals surface area contributed by atoms with Gasteiger partial charge in [-0.2, -0.15) is 0 Å². The highest BCUT2D eigenvalue weighted by atomic mass is 16.3. The van der Waals surface area contributed by atoms with Crippen LogP contribution in [0.3, 0.4) is 0 Å². The zero-order valence-corrected chi connectivity index (χ0v) is 9.93. The van der Waals surface area contributed by atoms with E-state index >= 15 is 0 Å². The van der Waals surface area contributed by atoms with Crippen LogP contribution in [0.2, 0.25) is 0 Å². The maximum absolute atomic E-state index is 12.2. The van der Waals surface area contributed by atoms with Crippen LogP contribution < -0.4 is 5.73 Å². The highest BCUT2D eigenvalue weighted by molar-refractivity contribution is 5.79. The molecule has 4 atom stereocenters. The molecule has 1 saturated heterocycles. The second-order valence-corrected chi connectivity index (χ2v) is 5.38. The molecule has 4 nitrogen and oxygen atoms in total. The van der Waals surface area contributed by atoms with Crippen molar-refractivity contribution in [2.24, 2.45) is 17.6 Å². The van der Waals surface area contributed by atoms with Gasteiger partial charge in [0.2, 0.25) is 5.91 Å². The van der Waals surface area contributed by atoms with E-state index in [1.807, 2.05) is 4.90 Å². The number of carbonyl (C=O) groups is 1. The van der Waals surface area contributed by atoms with Crippen LogP contribution in [0.25, 0.3) is 0 Å². The van der Waals surface area contributed by atoms with Crippen molar-refractivity contribution in [3.8, 4) is 0 Å². The number of nitrogens with two attached hydrogens (primary N) is 1. The second-order valence-electron chi connectivity index (χ2n) is 5.38. The molecule has 0 spiro atoms. The number of hydrogen-bond acceptors (Lipinski definition) is 3. The van der Waals surface area contributed by atoms with Crippen LogP contribution in [0.5, 0.6) is 0 Å². The van der Waals surface area contributed by atoms with Crippen molar-refractivity contribution in [2.45, 2.75) is 44.8 Å². The Bertz CT molecular complexity index is 270. The lowest BCUT2D eigenvalue weighted by Gasteiger charge is -2.33. The summed E-state index contributed by atoms with van der Waals surface area (Å²) in [6.07, 6.45) is 3.19. The molecule has 0 aromatic heterocycles. The molecule has 4 unspecified atom stereocenters. The molecule has 2 rings (SSSR count). The van der Waals surface area contributed by atoms with Gasteiger partial charge < -0.3 is 15.7 Å². The lowest BCUT2D eigenvalue weighted by Crippen LogP contribution is -2.42. The first kappa shape index (κ1) is 11.9. The molecule has 2 fully saturated rings. The number of aliphatic hydroxyl groups is 1. The smallest absolute Gasteiger partial charge is 0.225 e. The highest BCUT2D eigenvalue weighted by Crippen LogP contribution is 2.30. The Labute approximate surface area is 96.8 Å². The van der Waals surface area contributed by atoms with E-state index in [0.29, 0.717) is 12.5 Å². The summed E-state index contributed by atoms with van der Waals surface area (Å²) in [6.45, 7) is 3.37. The van der Waals surface area contributed by atoms with Gasteiger partial charge >= 0.3 is 0 Å². The average molecular weight is 226 g/mol. The number of carbonyl (C=O) groups excluding carboxylic acids is 1. The molecular formula is C12H22N2O2. The number of aliphatic hydroxyl groups excluding tert-OH is 1. The van der Waals surface area contributed by atoms with Gasteiger partial charge in [-0.3, -0.25) is 4.79 Å². The summed E-state index contributed by atoms with van der Waals surface area (Å²) < 4.78 is 0. The van der Waals surface area contributed by atoms with Gasteiger partial charge in [0.05, 0.1) is 6.10 Å². The van der Waals surface area contributed by atoms with Gasteiger partial charge in [0.1, 0.15) is 0 Å². The minimum atomic E-state index is -0.313. The van der Waals surface area contributed by atoms with Crippen LogP contribution in [-0.4, -0.2) is 41.1 Å². The van der Waals surface area contributed by atoms with Crippen molar-refractivity contribution in [3.05, 3.63) is 0 Å². The molecule has 1 saturated carbocycles. The van der Waals surface area contributed by atoms with Crippen LogP contribution >= 0.6 is 0 Å². The zero-order chi connectivity index (χ0) is 11.7. The number of rotatable bonds is 1. The predicted molar refractivity (Wildman–Crippen MR) is 61.7 cm³/mol. The Hall–Kier alpha value is -0.610. The fourth-order valence-corrected chi connectivity index (χ4v) is 2.84. The molecule has 16 heavy (non-hydrogen) atoms. The van der Waals surface area contributed by atoms with Crippen LogP contribution in [-0.2, 0) is 4.79 Å². The molecule has 92 valence electrons. The van der Waals surface area contributed by atoms with Gasteiger partial charge in [-0.05, 0) is 31.6 Å². The Morgan fingerprint density at radius 3 is 2.69 bits per heavy atom. The Morgan fingerprint density at radius 1 is 1.38 bits per heavy atom. The second kappa shape index (κ2) is 4.72. The van der Waals surface area contributed by atoms with E-state index in [1.165, 1.54) is 0 Å². The van der Waals surface area contributed by atoms with E-state index < -0.39 is 0 Å². The van der Waals surface area contributed by atoms with E-state index in [2.05, 4.69) is 6.92 Å². The summed E-state index contributed by atoms with van der Waals surface area (Å²) >= 11 is 0. The molecule has 0 bridgehead atoms. The molecule has 1 heterocycles. The maximum Gasteiger partial charge on any atom is 0.225 e. The van der Waals surface area contributed by atoms with Crippen molar-refractivity contribution < 1.29 is 9.90 Å². The quantitative estimate of drug-likeness (QED) is 0.677. The molecule has 1 aliphatic heterocycles. The molecule has 0 radical (unpaired) electrons. The number of hydrogen-bond donors (Lipinski definition) is 2. The average Bonchev–Trinajstić information content (AvgIpc) is 2.68. The number of nitrogens with zero attached hydrogens (tertiary/aromatic N) is 1. The third kappa shape index (κ3) is 2.38. The Morgan fingerprint density at radius 2 is 2.12 bits per heavy atom. The molecular weight excluding hydrogens is 204 g/mol. The first-order valence-electron chi connectivity index (χ1n) is 6.30. The lowest BCUT2D eigenvalue weighted by atomic mass is 9.79. The maximum atomic E-state index is 12.2. The number of likely N-dealkylation sites (tertiary alicyclic amines) is 1. The zero-order valence-electron chi connectivity index (χ0n) is 9.93. The molecule has 4 heteroatoms. The largest absolute Gasteiger partial charge is 0.391 e. The Balaban J connectivity index is 1.90. The van der Waals surface area contributed by atoms with E-state index in [0.717, 1.165) is 32.2 Å². The molecule has 1 amide bonds. The molecule has 2 aliphatic rings. The summed E-state index contributed by atoms with van der Waals surface area (Å²) in [5.41, 5.74) is 5.95. The molecule has 3 N–H and O–H groups in total. The van der Waals surface area contributed by atoms with E-state index in [1.54, 1.807) is 0 Å². The van der Waals surface area contributed by atoms with Crippen molar-refractivity contribution in [1.29, 1.82) is 0 Å². The highest BCUT2D eigenvalue weighted by Gasteiger charge is 2.34. The summed E-state index contributed by atoms with van der Waals surface area (Å²) in [6, 6.07) is 0.258. The van der Waals surface area contributed by atoms with Gasteiger partial charge in [0, 0.05) is 25.0 Å². The monoisotopic (exact) mass is 226 g/mol. The number of amides is 1.